The van der Waals surface area contributed by atoms with Gasteiger partial charge in [-0.15, -0.1) is 0 Å². The molecule has 0 heterocycles. The van der Waals surface area contributed by atoms with Gasteiger partial charge in [-0.1, -0.05) is 30.3 Å². The number of carbonyl (C=O) groups is 5. The van der Waals surface area contributed by atoms with E-state index in [2.05, 4.69) is 16.0 Å². The molecule has 12 nitrogen and oxygen atoms in total. The summed E-state index contributed by atoms with van der Waals surface area (Å²) in [6, 6.07) is 3.74. The number of hydrogen-bond acceptors (Lipinski definition) is 8. The van der Waals surface area contributed by atoms with Crippen molar-refractivity contribution in [2.45, 2.75) is 49.9 Å². The second-order valence-electron chi connectivity index (χ2n) is 7.71. The molecule has 0 saturated heterocycles. The van der Waals surface area contributed by atoms with Gasteiger partial charge in [-0.3, -0.25) is 19.2 Å². The molecular formula is C22H32N4O8S. The molecule has 35 heavy (non-hydrogen) atoms. The summed E-state index contributed by atoms with van der Waals surface area (Å²) in [7, 11) is 0. The number of benzene rings is 1. The van der Waals surface area contributed by atoms with Gasteiger partial charge in [0.2, 0.25) is 17.7 Å². The Kier molecular flexibility index (Phi) is 13.4. The standard InChI is InChI=1S/C22H32N4O8S/c1-35-10-9-14(23)19(30)25-16(11-13-5-3-2-4-6-13)20(31)26-17(12-27)21(32)24-15(22(33)34)7-8-18(28)29/h2-6,14-17,27H,7-12,23H2,1H3,(H,24,32)(H,25,30)(H,26,31)(H,28,29)(H,33,34). The number of thioether (sulfide) groups is 1. The molecule has 1 rings (SSSR count). The topological polar surface area (TPSA) is 208 Å². The SMILES string of the molecule is CSCCC(N)C(=O)NC(Cc1ccccc1)C(=O)NC(CO)C(=O)NC(CCC(=O)O)C(=O)O. The number of aliphatic hydroxyl groups is 1. The maximum atomic E-state index is 13.0. The van der Waals surface area contributed by atoms with Gasteiger partial charge in [-0.2, -0.15) is 11.8 Å². The Hall–Kier alpha value is -3.16. The first-order valence-electron chi connectivity index (χ1n) is 10.8. The average molecular weight is 513 g/mol. The van der Waals surface area contributed by atoms with Crippen molar-refractivity contribution in [2.75, 3.05) is 18.6 Å². The largest absolute Gasteiger partial charge is 0.481 e. The van der Waals surface area contributed by atoms with Crippen LogP contribution in [-0.2, 0) is 30.4 Å². The lowest BCUT2D eigenvalue weighted by molar-refractivity contribution is -0.143. The quantitative estimate of drug-likeness (QED) is 0.139. The van der Waals surface area contributed by atoms with Crippen LogP contribution in [0.3, 0.4) is 0 Å². The van der Waals surface area contributed by atoms with Crippen LogP contribution < -0.4 is 21.7 Å². The zero-order valence-corrected chi connectivity index (χ0v) is 20.1. The Morgan fingerprint density at radius 3 is 2.00 bits per heavy atom. The molecule has 4 unspecified atom stereocenters. The minimum atomic E-state index is -1.53. The van der Waals surface area contributed by atoms with E-state index in [1.807, 2.05) is 6.26 Å². The van der Waals surface area contributed by atoms with Gasteiger partial charge in [0.1, 0.15) is 18.1 Å². The molecule has 4 atom stereocenters. The number of hydrogen-bond donors (Lipinski definition) is 7. The number of amides is 3. The van der Waals surface area contributed by atoms with Crippen LogP contribution in [0.4, 0.5) is 0 Å². The summed E-state index contributed by atoms with van der Waals surface area (Å²) >= 11 is 1.52. The number of nitrogens with two attached hydrogens (primary N) is 1. The molecule has 0 radical (unpaired) electrons. The molecule has 3 amide bonds. The van der Waals surface area contributed by atoms with Crippen LogP contribution in [0.15, 0.2) is 30.3 Å². The van der Waals surface area contributed by atoms with Crippen LogP contribution in [0.1, 0.15) is 24.8 Å². The van der Waals surface area contributed by atoms with E-state index in [9.17, 15) is 34.2 Å². The van der Waals surface area contributed by atoms with Crippen LogP contribution in [-0.4, -0.2) is 87.8 Å². The third kappa shape index (κ3) is 11.2. The number of carbonyl (C=O) groups excluding carboxylic acids is 3. The number of rotatable bonds is 16. The molecule has 0 saturated carbocycles. The summed E-state index contributed by atoms with van der Waals surface area (Å²) in [5.74, 6) is -4.42. The minimum Gasteiger partial charge on any atom is -0.481 e. The van der Waals surface area contributed by atoms with E-state index in [4.69, 9.17) is 10.8 Å². The Morgan fingerprint density at radius 2 is 1.46 bits per heavy atom. The second kappa shape index (κ2) is 15.7. The molecule has 13 heteroatoms. The fourth-order valence-electron chi connectivity index (χ4n) is 2.98. The number of aliphatic hydroxyl groups excluding tert-OH is 1. The van der Waals surface area contributed by atoms with Crippen molar-refractivity contribution in [1.29, 1.82) is 0 Å². The van der Waals surface area contributed by atoms with Crippen LogP contribution in [0.5, 0.6) is 0 Å². The van der Waals surface area contributed by atoms with E-state index < -0.39 is 66.9 Å². The summed E-state index contributed by atoms with van der Waals surface area (Å²) in [6.07, 6.45) is 1.44. The van der Waals surface area contributed by atoms with Crippen LogP contribution in [0.25, 0.3) is 0 Å². The molecule has 0 fully saturated rings. The molecular weight excluding hydrogens is 480 g/mol. The number of aliphatic carboxylic acids is 2. The number of carboxylic acids is 2. The van der Waals surface area contributed by atoms with E-state index >= 15 is 0 Å². The Bertz CT molecular complexity index is 870. The third-order valence-electron chi connectivity index (χ3n) is 4.96. The zero-order chi connectivity index (χ0) is 26.4. The van der Waals surface area contributed by atoms with E-state index in [1.165, 1.54) is 11.8 Å². The van der Waals surface area contributed by atoms with Gasteiger partial charge >= 0.3 is 11.9 Å². The lowest BCUT2D eigenvalue weighted by Gasteiger charge is -2.24. The summed E-state index contributed by atoms with van der Waals surface area (Å²) < 4.78 is 0. The zero-order valence-electron chi connectivity index (χ0n) is 19.3. The van der Waals surface area contributed by atoms with Gasteiger partial charge in [0.25, 0.3) is 0 Å². The van der Waals surface area contributed by atoms with E-state index in [0.717, 1.165) is 5.56 Å². The molecule has 0 bridgehead atoms. The van der Waals surface area contributed by atoms with Crippen molar-refractivity contribution < 1.29 is 39.3 Å². The average Bonchev–Trinajstić information content (AvgIpc) is 2.82. The smallest absolute Gasteiger partial charge is 0.326 e. The maximum Gasteiger partial charge on any atom is 0.326 e. The Morgan fingerprint density at radius 1 is 0.886 bits per heavy atom. The molecule has 0 aliphatic rings. The van der Waals surface area contributed by atoms with Crippen molar-refractivity contribution in [3.63, 3.8) is 0 Å². The summed E-state index contributed by atoms with van der Waals surface area (Å²) in [6.45, 7) is -0.859. The fourth-order valence-corrected chi connectivity index (χ4v) is 3.47. The van der Waals surface area contributed by atoms with Crippen LogP contribution in [0.2, 0.25) is 0 Å². The highest BCUT2D eigenvalue weighted by atomic mass is 32.2. The summed E-state index contributed by atoms with van der Waals surface area (Å²) in [5.41, 5.74) is 6.61. The summed E-state index contributed by atoms with van der Waals surface area (Å²) in [5, 5.41) is 34.6. The molecule has 194 valence electrons. The fraction of sp³-hybridized carbons (Fsp3) is 0.500. The highest BCUT2D eigenvalue weighted by Gasteiger charge is 2.30. The highest BCUT2D eigenvalue weighted by molar-refractivity contribution is 7.98. The third-order valence-corrected chi connectivity index (χ3v) is 5.61. The molecule has 0 aliphatic heterocycles. The van der Waals surface area contributed by atoms with Gasteiger partial charge in [-0.25, -0.2) is 4.79 Å². The van der Waals surface area contributed by atoms with Gasteiger partial charge < -0.3 is 37.0 Å². The van der Waals surface area contributed by atoms with Gasteiger partial charge in [0.05, 0.1) is 12.6 Å². The van der Waals surface area contributed by atoms with E-state index in [1.54, 1.807) is 30.3 Å². The minimum absolute atomic E-state index is 0.0732. The van der Waals surface area contributed by atoms with E-state index in [0.29, 0.717) is 12.2 Å². The molecule has 0 aliphatic carbocycles. The maximum absolute atomic E-state index is 13.0. The summed E-state index contributed by atoms with van der Waals surface area (Å²) in [4.78, 5) is 60.0. The Balaban J connectivity index is 2.94. The van der Waals surface area contributed by atoms with E-state index in [-0.39, 0.29) is 12.8 Å². The van der Waals surface area contributed by atoms with Crippen molar-refractivity contribution in [2.24, 2.45) is 5.73 Å². The van der Waals surface area contributed by atoms with Crippen molar-refractivity contribution >= 4 is 41.4 Å². The first kappa shape index (κ1) is 29.9. The lowest BCUT2D eigenvalue weighted by Crippen LogP contribution is -2.58. The Labute approximate surface area is 207 Å². The van der Waals surface area contributed by atoms with Gasteiger partial charge in [0, 0.05) is 12.8 Å². The van der Waals surface area contributed by atoms with Gasteiger partial charge in [0.15, 0.2) is 0 Å². The monoisotopic (exact) mass is 512 g/mol. The molecule has 1 aromatic rings. The molecule has 0 spiro atoms. The number of nitrogens with one attached hydrogen (secondary N) is 3. The second-order valence-corrected chi connectivity index (χ2v) is 8.70. The first-order chi connectivity index (χ1) is 16.6. The highest BCUT2D eigenvalue weighted by Crippen LogP contribution is 2.06. The number of carboxylic acid groups (broad SMARTS) is 2. The molecule has 1 aromatic carbocycles. The van der Waals surface area contributed by atoms with Crippen LogP contribution in [0, 0.1) is 0 Å². The first-order valence-corrected chi connectivity index (χ1v) is 12.2. The predicted octanol–water partition coefficient (Wildman–Crippen LogP) is -1.29. The lowest BCUT2D eigenvalue weighted by atomic mass is 10.0. The van der Waals surface area contributed by atoms with Crippen LogP contribution >= 0.6 is 11.8 Å². The molecule has 0 aromatic heterocycles. The van der Waals surface area contributed by atoms with Crippen molar-refractivity contribution in [3.05, 3.63) is 35.9 Å². The predicted molar refractivity (Wildman–Crippen MR) is 129 cm³/mol. The molecule has 8 N–H and O–H groups in total. The normalized spacial score (nSPS) is 14.1. The van der Waals surface area contributed by atoms with Crippen molar-refractivity contribution in [1.82, 2.24) is 16.0 Å². The van der Waals surface area contributed by atoms with Crippen molar-refractivity contribution in [3.8, 4) is 0 Å². The van der Waals surface area contributed by atoms with Gasteiger partial charge in [-0.05, 0) is 30.4 Å².